The highest BCUT2D eigenvalue weighted by Crippen LogP contribution is 2.38. The second kappa shape index (κ2) is 9.17. The van der Waals surface area contributed by atoms with E-state index in [1.165, 1.54) is 4.90 Å². The van der Waals surface area contributed by atoms with Crippen LogP contribution in [0.15, 0.2) is 30.3 Å². The van der Waals surface area contributed by atoms with Gasteiger partial charge in [0.05, 0.1) is 24.8 Å². The smallest absolute Gasteiger partial charge is 0.350 e. The molecule has 1 aromatic carbocycles. The molecule has 0 saturated heterocycles. The molecular formula is C21H24N2O5S. The van der Waals surface area contributed by atoms with Crippen LogP contribution in [0.25, 0.3) is 0 Å². The van der Waals surface area contributed by atoms with Crippen molar-refractivity contribution in [3.8, 4) is 0 Å². The molecule has 1 amide bonds. The molecule has 7 nitrogen and oxygen atoms in total. The number of anilines is 1. The average molecular weight is 416 g/mol. The third kappa shape index (κ3) is 5.20. The summed E-state index contributed by atoms with van der Waals surface area (Å²) in [6.07, 6.45) is 0.801. The van der Waals surface area contributed by atoms with Gasteiger partial charge in [-0.25, -0.2) is 9.78 Å². The van der Waals surface area contributed by atoms with E-state index in [9.17, 15) is 14.4 Å². The van der Waals surface area contributed by atoms with Crippen LogP contribution in [0.1, 0.15) is 41.2 Å². The van der Waals surface area contributed by atoms with Crippen LogP contribution >= 0.6 is 11.3 Å². The summed E-state index contributed by atoms with van der Waals surface area (Å²) >= 11 is 1.10. The Bertz CT molecular complexity index is 896. The number of aryl methyl sites for hydroxylation is 1. The Balaban J connectivity index is 1.79. The van der Waals surface area contributed by atoms with E-state index in [2.05, 4.69) is 4.98 Å². The lowest BCUT2D eigenvalue weighted by Crippen LogP contribution is -2.34. The third-order valence-corrected chi connectivity index (χ3v) is 5.87. The predicted octanol–water partition coefficient (Wildman–Crippen LogP) is 3.36. The average Bonchev–Trinajstić information content (AvgIpc) is 3.32. The lowest BCUT2D eigenvalue weighted by Gasteiger charge is -2.20. The Morgan fingerprint density at radius 3 is 2.52 bits per heavy atom. The molecule has 2 aromatic rings. The van der Waals surface area contributed by atoms with Gasteiger partial charge in [-0.3, -0.25) is 14.5 Å². The molecule has 1 heterocycles. The van der Waals surface area contributed by atoms with Crippen molar-refractivity contribution in [3.63, 3.8) is 0 Å². The Morgan fingerprint density at radius 2 is 1.90 bits per heavy atom. The molecule has 0 spiro atoms. The number of carbonyl (C=O) groups is 3. The normalized spacial score (nSPS) is 17.5. The van der Waals surface area contributed by atoms with E-state index in [-0.39, 0.29) is 37.6 Å². The molecule has 0 unspecified atom stereocenters. The van der Waals surface area contributed by atoms with Gasteiger partial charge in [-0.1, -0.05) is 48.6 Å². The minimum absolute atomic E-state index is 0.108. The van der Waals surface area contributed by atoms with Gasteiger partial charge in [0.25, 0.3) is 5.91 Å². The van der Waals surface area contributed by atoms with E-state index >= 15 is 0 Å². The predicted molar refractivity (Wildman–Crippen MR) is 109 cm³/mol. The number of carbonyl (C=O) groups excluding carboxylic acids is 3. The Hall–Kier alpha value is -2.74. The summed E-state index contributed by atoms with van der Waals surface area (Å²) < 4.78 is 10.3. The molecule has 1 saturated carbocycles. The minimum Gasteiger partial charge on any atom is -0.462 e. The molecule has 0 N–H and O–H groups in total. The number of hydrogen-bond acceptors (Lipinski definition) is 7. The standard InChI is InChI=1S/C21H24N2O5S/c1-4-27-20(26)18-14(3)22-21(29-18)23(11-15-8-6-5-7-9-15)17(24)12-28-19(25)16-10-13(16)2/h5-9,13,16H,4,10-12H2,1-3H3/t13-,16+/m0/s1. The van der Waals surface area contributed by atoms with Gasteiger partial charge in [-0.15, -0.1) is 0 Å². The lowest BCUT2D eigenvalue weighted by atomic mass is 10.2. The summed E-state index contributed by atoms with van der Waals surface area (Å²) in [7, 11) is 0. The summed E-state index contributed by atoms with van der Waals surface area (Å²) in [4.78, 5) is 43.2. The first-order valence-corrected chi connectivity index (χ1v) is 10.4. The van der Waals surface area contributed by atoms with Gasteiger partial charge in [-0.05, 0) is 31.7 Å². The van der Waals surface area contributed by atoms with Crippen molar-refractivity contribution in [2.45, 2.75) is 33.7 Å². The fourth-order valence-corrected chi connectivity index (χ4v) is 3.86. The van der Waals surface area contributed by atoms with E-state index in [0.717, 1.165) is 23.3 Å². The summed E-state index contributed by atoms with van der Waals surface area (Å²) in [5, 5.41) is 0.371. The van der Waals surface area contributed by atoms with Crippen LogP contribution in [0.5, 0.6) is 0 Å². The summed E-state index contributed by atoms with van der Waals surface area (Å²) in [6.45, 7) is 5.56. The lowest BCUT2D eigenvalue weighted by molar-refractivity contribution is -0.149. The van der Waals surface area contributed by atoms with Crippen molar-refractivity contribution in [3.05, 3.63) is 46.5 Å². The zero-order valence-corrected chi connectivity index (χ0v) is 17.5. The van der Waals surface area contributed by atoms with Crippen LogP contribution in [0, 0.1) is 18.8 Å². The van der Waals surface area contributed by atoms with Gasteiger partial charge in [0.1, 0.15) is 4.88 Å². The molecule has 29 heavy (non-hydrogen) atoms. The quantitative estimate of drug-likeness (QED) is 0.614. The monoisotopic (exact) mass is 416 g/mol. The summed E-state index contributed by atoms with van der Waals surface area (Å²) in [5.41, 5.74) is 1.40. The maximum absolute atomic E-state index is 12.9. The first-order valence-electron chi connectivity index (χ1n) is 9.56. The summed E-state index contributed by atoms with van der Waals surface area (Å²) in [5.74, 6) is -0.989. The fourth-order valence-electron chi connectivity index (χ4n) is 2.88. The highest BCUT2D eigenvalue weighted by Gasteiger charge is 2.41. The second-order valence-electron chi connectivity index (χ2n) is 7.02. The molecule has 0 bridgehead atoms. The molecule has 154 valence electrons. The Kier molecular flexibility index (Phi) is 6.64. The van der Waals surface area contributed by atoms with E-state index in [1.807, 2.05) is 37.3 Å². The molecule has 8 heteroatoms. The first-order chi connectivity index (χ1) is 13.9. The fraction of sp³-hybridized carbons (Fsp3) is 0.429. The molecule has 0 radical (unpaired) electrons. The molecule has 0 aliphatic heterocycles. The zero-order chi connectivity index (χ0) is 21.0. The number of benzene rings is 1. The van der Waals surface area contributed by atoms with E-state index in [1.54, 1.807) is 13.8 Å². The van der Waals surface area contributed by atoms with Crippen molar-refractivity contribution >= 4 is 34.3 Å². The highest BCUT2D eigenvalue weighted by atomic mass is 32.1. The highest BCUT2D eigenvalue weighted by molar-refractivity contribution is 7.17. The SMILES string of the molecule is CCOC(=O)c1sc(N(Cc2ccccc2)C(=O)COC(=O)[C@@H]2C[C@@H]2C)nc1C. The molecule has 1 aliphatic rings. The van der Waals surface area contributed by atoms with Crippen molar-refractivity contribution in [1.29, 1.82) is 0 Å². The third-order valence-electron chi connectivity index (χ3n) is 4.71. The van der Waals surface area contributed by atoms with Crippen LogP contribution < -0.4 is 4.90 Å². The number of amides is 1. The van der Waals surface area contributed by atoms with Gasteiger partial charge >= 0.3 is 11.9 Å². The molecule has 3 rings (SSSR count). The maximum Gasteiger partial charge on any atom is 0.350 e. The van der Waals surface area contributed by atoms with Crippen LogP contribution in [0.2, 0.25) is 0 Å². The number of rotatable bonds is 8. The second-order valence-corrected chi connectivity index (χ2v) is 8.00. The molecule has 1 aliphatic carbocycles. The Morgan fingerprint density at radius 1 is 1.21 bits per heavy atom. The van der Waals surface area contributed by atoms with Gasteiger partial charge in [0.2, 0.25) is 0 Å². The number of aromatic nitrogens is 1. The number of nitrogens with zero attached hydrogens (tertiary/aromatic N) is 2. The van der Waals surface area contributed by atoms with Crippen LogP contribution in [0.4, 0.5) is 5.13 Å². The van der Waals surface area contributed by atoms with E-state index < -0.39 is 5.97 Å². The number of ether oxygens (including phenoxy) is 2. The van der Waals surface area contributed by atoms with Gasteiger partial charge in [-0.2, -0.15) is 0 Å². The van der Waals surface area contributed by atoms with Crippen LogP contribution in [0.3, 0.4) is 0 Å². The largest absolute Gasteiger partial charge is 0.462 e. The number of hydrogen-bond donors (Lipinski definition) is 0. The van der Waals surface area contributed by atoms with Gasteiger partial charge in [0, 0.05) is 0 Å². The molecule has 1 aromatic heterocycles. The number of esters is 2. The van der Waals surface area contributed by atoms with Crippen molar-refractivity contribution in [1.82, 2.24) is 4.98 Å². The molecule has 2 atom stereocenters. The van der Waals surface area contributed by atoms with E-state index in [4.69, 9.17) is 9.47 Å². The van der Waals surface area contributed by atoms with E-state index in [0.29, 0.717) is 21.6 Å². The van der Waals surface area contributed by atoms with Crippen molar-refractivity contribution in [2.24, 2.45) is 11.8 Å². The summed E-state index contributed by atoms with van der Waals surface area (Å²) in [6, 6.07) is 9.43. The minimum atomic E-state index is -0.463. The van der Waals surface area contributed by atoms with Crippen LogP contribution in [-0.2, 0) is 25.6 Å². The van der Waals surface area contributed by atoms with Crippen molar-refractivity contribution < 1.29 is 23.9 Å². The maximum atomic E-state index is 12.9. The van der Waals surface area contributed by atoms with Gasteiger partial charge < -0.3 is 9.47 Å². The van der Waals surface area contributed by atoms with Crippen LogP contribution in [-0.4, -0.2) is 36.0 Å². The van der Waals surface area contributed by atoms with Crippen molar-refractivity contribution in [2.75, 3.05) is 18.1 Å². The topological polar surface area (TPSA) is 85.8 Å². The molecule has 1 fully saturated rings. The first kappa shape index (κ1) is 21.0. The van der Waals surface area contributed by atoms with Gasteiger partial charge in [0.15, 0.2) is 11.7 Å². The zero-order valence-electron chi connectivity index (χ0n) is 16.7. The Labute approximate surface area is 173 Å². The molecular weight excluding hydrogens is 392 g/mol. The number of thiazole rings is 1.